The van der Waals surface area contributed by atoms with Gasteiger partial charge in [-0.05, 0) is 52.0 Å². The third kappa shape index (κ3) is 7.81. The summed E-state index contributed by atoms with van der Waals surface area (Å²) in [5.41, 5.74) is -0.726. The van der Waals surface area contributed by atoms with Crippen molar-refractivity contribution in [1.29, 1.82) is 0 Å². The zero-order chi connectivity index (χ0) is 25.7. The van der Waals surface area contributed by atoms with Crippen LogP contribution in [0.4, 0.5) is 4.79 Å². The topological polar surface area (TPSA) is 152 Å². The number of nitrogens with zero attached hydrogens (tertiary/aromatic N) is 2. The molecule has 3 N–H and O–H groups in total. The predicted molar refractivity (Wildman–Crippen MR) is 124 cm³/mol. The van der Waals surface area contributed by atoms with Crippen LogP contribution in [0.5, 0.6) is 0 Å². The number of β-amino-alcohol motifs (C(OH)–C–C–N with tert-alkyl or cyclic N) is 1. The van der Waals surface area contributed by atoms with Crippen LogP contribution in [0, 0.1) is 11.1 Å². The monoisotopic (exact) mass is 500 g/mol. The van der Waals surface area contributed by atoms with Gasteiger partial charge in [0.2, 0.25) is 5.91 Å². The maximum Gasteiger partial charge on any atom is 0.408 e. The molecule has 1 aliphatic heterocycles. The summed E-state index contributed by atoms with van der Waals surface area (Å²) in [4.78, 5) is 25.2. The van der Waals surface area contributed by atoms with Crippen molar-refractivity contribution in [3.05, 3.63) is 29.6 Å². The largest absolute Gasteiger partial charge is 0.618 e. The molecule has 192 valence electrons. The highest BCUT2D eigenvalue weighted by molar-refractivity contribution is 7.88. The number of aromatic nitrogens is 1. The molecule has 0 radical (unpaired) electrons. The van der Waals surface area contributed by atoms with E-state index >= 15 is 0 Å². The van der Waals surface area contributed by atoms with E-state index in [4.69, 9.17) is 4.74 Å². The summed E-state index contributed by atoms with van der Waals surface area (Å²) < 4.78 is 32.5. The number of amides is 2. The summed E-state index contributed by atoms with van der Waals surface area (Å²) in [6.45, 7) is 8.78. The van der Waals surface area contributed by atoms with Gasteiger partial charge in [-0.25, -0.2) is 13.2 Å². The summed E-state index contributed by atoms with van der Waals surface area (Å²) in [6.07, 6.45) is 0.211. The van der Waals surface area contributed by atoms with Crippen LogP contribution in [0.25, 0.3) is 0 Å². The average Bonchev–Trinajstić information content (AvgIpc) is 2.88. The molecule has 3 unspecified atom stereocenters. The third-order valence-electron chi connectivity index (χ3n) is 5.21. The van der Waals surface area contributed by atoms with Crippen molar-refractivity contribution in [3.8, 4) is 0 Å². The molecule has 1 aromatic heterocycles. The van der Waals surface area contributed by atoms with E-state index < -0.39 is 50.8 Å². The van der Waals surface area contributed by atoms with E-state index in [-0.39, 0.29) is 23.7 Å². The average molecular weight is 501 g/mol. The van der Waals surface area contributed by atoms with E-state index in [0.29, 0.717) is 19.3 Å². The van der Waals surface area contributed by atoms with Crippen molar-refractivity contribution < 1.29 is 32.6 Å². The highest BCUT2D eigenvalue weighted by atomic mass is 32.2. The summed E-state index contributed by atoms with van der Waals surface area (Å²) in [5.74, 6) is -0.393. The maximum atomic E-state index is 13.0. The Kier molecular flexibility index (Phi) is 9.26. The lowest BCUT2D eigenvalue weighted by Gasteiger charge is -2.28. The Labute approximate surface area is 201 Å². The normalized spacial score (nSPS) is 20.9. The molecule has 12 heteroatoms. The Morgan fingerprint density at radius 2 is 2.00 bits per heavy atom. The van der Waals surface area contributed by atoms with Gasteiger partial charge in [0.1, 0.15) is 11.6 Å². The Morgan fingerprint density at radius 1 is 1.32 bits per heavy atom. The van der Waals surface area contributed by atoms with E-state index in [1.165, 1.54) is 18.2 Å². The van der Waals surface area contributed by atoms with Gasteiger partial charge in [-0.1, -0.05) is 13.8 Å². The molecule has 1 fully saturated rings. The van der Waals surface area contributed by atoms with Crippen LogP contribution in [0.15, 0.2) is 29.4 Å². The van der Waals surface area contributed by atoms with Gasteiger partial charge in [0.05, 0.1) is 12.1 Å². The molecule has 1 aromatic rings. The molecule has 11 nitrogen and oxygen atoms in total. The second-order valence-electron chi connectivity index (χ2n) is 9.88. The van der Waals surface area contributed by atoms with Gasteiger partial charge < -0.3 is 25.7 Å². The van der Waals surface area contributed by atoms with Crippen molar-refractivity contribution >= 4 is 22.0 Å². The highest BCUT2D eigenvalue weighted by Crippen LogP contribution is 2.19. The molecular weight excluding hydrogens is 464 g/mol. The molecule has 0 saturated carbocycles. The second-order valence-corrected chi connectivity index (χ2v) is 11.8. The van der Waals surface area contributed by atoms with Gasteiger partial charge in [0, 0.05) is 25.2 Å². The molecule has 1 aliphatic rings. The quantitative estimate of drug-likeness (QED) is 0.371. The number of alkyl carbamates (subject to hydrolysis) is 1. The van der Waals surface area contributed by atoms with Crippen molar-refractivity contribution in [2.45, 2.75) is 82.7 Å². The van der Waals surface area contributed by atoms with Crippen molar-refractivity contribution in [2.24, 2.45) is 5.92 Å². The van der Waals surface area contributed by atoms with Gasteiger partial charge in [0.15, 0.2) is 6.20 Å². The van der Waals surface area contributed by atoms with Crippen molar-refractivity contribution in [2.75, 3.05) is 13.1 Å². The molecule has 2 heterocycles. The van der Waals surface area contributed by atoms with E-state index in [1.54, 1.807) is 20.8 Å². The number of aliphatic hydroxyl groups excluding tert-OH is 1. The molecule has 0 aromatic carbocycles. The van der Waals surface area contributed by atoms with Crippen LogP contribution >= 0.6 is 0 Å². The van der Waals surface area contributed by atoms with Crippen LogP contribution in [0.1, 0.15) is 53.9 Å². The zero-order valence-corrected chi connectivity index (χ0v) is 21.2. The second kappa shape index (κ2) is 11.3. The fraction of sp³-hybridized carbons (Fsp3) is 0.682. The molecule has 2 amide bonds. The van der Waals surface area contributed by atoms with Crippen LogP contribution < -0.4 is 15.4 Å². The lowest BCUT2D eigenvalue weighted by Crippen LogP contribution is -2.54. The molecule has 1 saturated heterocycles. The van der Waals surface area contributed by atoms with Crippen LogP contribution in [0.3, 0.4) is 0 Å². The first-order valence-electron chi connectivity index (χ1n) is 11.4. The van der Waals surface area contributed by atoms with Gasteiger partial charge in [0.25, 0.3) is 0 Å². The number of aliphatic hydroxyl groups is 1. The Morgan fingerprint density at radius 3 is 2.59 bits per heavy atom. The molecule has 34 heavy (non-hydrogen) atoms. The minimum atomic E-state index is -4.13. The standard InChI is InChI=1S/C22H36N4O7S/c1-15(2)13-17(24-21(29)33-22(3,4)5)20(28)23-16-9-8-11-25(14-18(16)27)34(31,32)19-10-6-7-12-26(19)30/h6-7,10,12,15-18,27H,8-9,11,13-14H2,1-5H3,(H,23,28)(H,24,29). The van der Waals surface area contributed by atoms with Gasteiger partial charge >= 0.3 is 21.1 Å². The molecule has 0 aliphatic carbocycles. The summed E-state index contributed by atoms with van der Waals surface area (Å²) >= 11 is 0. The number of carbonyl (C=O) groups is 2. The number of carbonyl (C=O) groups excluding carboxylic acids is 2. The number of ether oxygens (including phenoxy) is 1. The SMILES string of the molecule is CC(C)CC(NC(=O)OC(C)(C)C)C(=O)NC1CCCN(S(=O)(=O)c2cccc[n+]2[O-])CC1O. The molecule has 2 rings (SSSR count). The van der Waals surface area contributed by atoms with E-state index in [2.05, 4.69) is 10.6 Å². The maximum absolute atomic E-state index is 13.0. The van der Waals surface area contributed by atoms with Crippen molar-refractivity contribution in [1.82, 2.24) is 14.9 Å². The summed E-state index contributed by atoms with van der Waals surface area (Å²) in [5, 5.41) is 27.6. The van der Waals surface area contributed by atoms with Gasteiger partial charge in [-0.15, -0.1) is 0 Å². The zero-order valence-electron chi connectivity index (χ0n) is 20.4. The number of hydrogen-bond acceptors (Lipinski definition) is 7. The number of nitrogens with one attached hydrogen (secondary N) is 2. The number of pyridine rings is 1. The molecule has 3 atom stereocenters. The Hall–Kier alpha value is -2.44. The minimum Gasteiger partial charge on any atom is -0.618 e. The third-order valence-corrected chi connectivity index (χ3v) is 7.07. The first-order chi connectivity index (χ1) is 15.7. The molecule has 0 spiro atoms. The van der Waals surface area contributed by atoms with Gasteiger partial charge in [-0.3, -0.25) is 4.79 Å². The van der Waals surface area contributed by atoms with Crippen LogP contribution in [-0.2, 0) is 19.6 Å². The highest BCUT2D eigenvalue weighted by Gasteiger charge is 2.37. The van der Waals surface area contributed by atoms with Crippen LogP contribution in [0.2, 0.25) is 0 Å². The lowest BCUT2D eigenvalue weighted by atomic mass is 10.0. The lowest BCUT2D eigenvalue weighted by molar-refractivity contribution is -0.646. The smallest absolute Gasteiger partial charge is 0.408 e. The van der Waals surface area contributed by atoms with Crippen LogP contribution in [-0.4, -0.2) is 66.7 Å². The fourth-order valence-corrected chi connectivity index (χ4v) is 5.20. The van der Waals surface area contributed by atoms with Gasteiger partial charge in [-0.2, -0.15) is 9.04 Å². The molecule has 0 bridgehead atoms. The first kappa shape index (κ1) is 27.8. The van der Waals surface area contributed by atoms with E-state index in [0.717, 1.165) is 10.5 Å². The molecular formula is C22H36N4O7S. The minimum absolute atomic E-state index is 0.0895. The fourth-order valence-electron chi connectivity index (χ4n) is 3.67. The number of hydrogen-bond donors (Lipinski definition) is 3. The first-order valence-corrected chi connectivity index (χ1v) is 12.8. The number of sulfonamides is 1. The van der Waals surface area contributed by atoms with Crippen molar-refractivity contribution in [3.63, 3.8) is 0 Å². The Balaban J connectivity index is 2.10. The van der Waals surface area contributed by atoms with E-state index in [9.17, 15) is 28.3 Å². The summed E-state index contributed by atoms with van der Waals surface area (Å²) in [7, 11) is -4.13. The summed E-state index contributed by atoms with van der Waals surface area (Å²) in [6, 6.07) is 2.48. The predicted octanol–water partition coefficient (Wildman–Crippen LogP) is 0.890. The van der Waals surface area contributed by atoms with E-state index in [1.807, 2.05) is 13.8 Å². The number of rotatable bonds is 7. The Bertz CT molecular complexity index is 962.